The van der Waals surface area contributed by atoms with Crippen LogP contribution in [0.4, 0.5) is 11.4 Å². The Balaban J connectivity index is 1.28. The molecule has 2 bridgehead atoms. The molecule has 0 spiro atoms. The molecule has 1 unspecified atom stereocenters. The Kier molecular flexibility index (Phi) is 4.82. The molecule has 0 saturated carbocycles. The quantitative estimate of drug-likeness (QED) is 0.676. The number of nitrogens with one attached hydrogen (secondary N) is 2. The van der Waals surface area contributed by atoms with Crippen molar-refractivity contribution in [1.82, 2.24) is 10.2 Å². The zero-order valence-electron chi connectivity index (χ0n) is 16.3. The molecule has 1 atom stereocenters. The largest absolute Gasteiger partial charge is 0.451 e. The van der Waals surface area contributed by atoms with Gasteiger partial charge in [0, 0.05) is 29.5 Å². The maximum atomic E-state index is 12.7. The minimum atomic E-state index is -0.117. The van der Waals surface area contributed by atoms with Crippen molar-refractivity contribution in [2.75, 3.05) is 25.0 Å². The molecular weight excluding hydrogens is 362 g/mol. The smallest absolute Gasteiger partial charge is 0.287 e. The van der Waals surface area contributed by atoms with Crippen LogP contribution in [0.15, 0.2) is 71.1 Å². The van der Waals surface area contributed by atoms with E-state index >= 15 is 0 Å². The summed E-state index contributed by atoms with van der Waals surface area (Å²) >= 11 is 0. The van der Waals surface area contributed by atoms with Crippen molar-refractivity contribution in [3.8, 4) is 11.3 Å². The highest BCUT2D eigenvalue weighted by molar-refractivity contribution is 5.92. The molecule has 2 N–H and O–H groups in total. The first-order chi connectivity index (χ1) is 14.2. The molecule has 3 aromatic rings. The van der Waals surface area contributed by atoms with E-state index in [0.717, 1.165) is 36.6 Å². The van der Waals surface area contributed by atoms with Crippen LogP contribution in [-0.4, -0.2) is 36.5 Å². The van der Waals surface area contributed by atoms with Crippen LogP contribution in [0, 0.1) is 5.92 Å². The number of hydrogen-bond donors (Lipinski definition) is 2. The van der Waals surface area contributed by atoms with Crippen LogP contribution in [-0.2, 0) is 0 Å². The summed E-state index contributed by atoms with van der Waals surface area (Å²) in [6, 6.07) is 21.9. The molecule has 5 heteroatoms. The molecule has 3 aliphatic rings. The average molecular weight is 387 g/mol. The van der Waals surface area contributed by atoms with E-state index in [9.17, 15) is 4.79 Å². The Morgan fingerprint density at radius 1 is 0.931 bits per heavy atom. The van der Waals surface area contributed by atoms with Crippen LogP contribution in [0.2, 0.25) is 0 Å². The fraction of sp³-hybridized carbons (Fsp3) is 0.292. The van der Waals surface area contributed by atoms with Crippen molar-refractivity contribution in [2.45, 2.75) is 18.9 Å². The van der Waals surface area contributed by atoms with Gasteiger partial charge in [0.15, 0.2) is 5.76 Å². The standard InChI is InChI=1S/C24H25N3O2/c28-24(26-21-16-27-13-11-17(21)12-14-27)23-10-9-22(29-23)18-5-4-8-20(15-18)25-19-6-2-1-3-7-19/h1-10,15,17,21,25H,11-14,16H2,(H,26,28). The van der Waals surface area contributed by atoms with Crippen LogP contribution in [0.25, 0.3) is 11.3 Å². The van der Waals surface area contributed by atoms with Crippen LogP contribution in [0.3, 0.4) is 0 Å². The van der Waals surface area contributed by atoms with Crippen molar-refractivity contribution in [2.24, 2.45) is 5.92 Å². The number of carbonyl (C=O) groups is 1. The van der Waals surface area contributed by atoms with E-state index in [1.54, 1.807) is 6.07 Å². The van der Waals surface area contributed by atoms with Gasteiger partial charge in [-0.3, -0.25) is 4.79 Å². The van der Waals surface area contributed by atoms with E-state index in [-0.39, 0.29) is 11.9 Å². The third-order valence-corrected chi connectivity index (χ3v) is 6.01. The topological polar surface area (TPSA) is 57.5 Å². The Bertz CT molecular complexity index is 990. The molecule has 3 saturated heterocycles. The van der Waals surface area contributed by atoms with Crippen molar-refractivity contribution < 1.29 is 9.21 Å². The second-order valence-corrected chi connectivity index (χ2v) is 7.95. The van der Waals surface area contributed by atoms with Crippen LogP contribution in [0.1, 0.15) is 23.4 Å². The molecule has 29 heavy (non-hydrogen) atoms. The fourth-order valence-electron chi connectivity index (χ4n) is 4.42. The number of piperidine rings is 3. The van der Waals surface area contributed by atoms with E-state index in [4.69, 9.17) is 4.42 Å². The summed E-state index contributed by atoms with van der Waals surface area (Å²) in [4.78, 5) is 15.1. The number of carbonyl (C=O) groups excluding carboxylic acids is 1. The lowest BCUT2D eigenvalue weighted by atomic mass is 9.84. The summed E-state index contributed by atoms with van der Waals surface area (Å²) < 4.78 is 5.90. The van der Waals surface area contributed by atoms with Crippen molar-refractivity contribution in [3.63, 3.8) is 0 Å². The van der Waals surface area contributed by atoms with Crippen LogP contribution < -0.4 is 10.6 Å². The van der Waals surface area contributed by atoms with Gasteiger partial charge in [-0.25, -0.2) is 0 Å². The predicted octanol–water partition coefficient (Wildman–Crippen LogP) is 4.51. The Morgan fingerprint density at radius 3 is 2.48 bits per heavy atom. The molecule has 3 aliphatic heterocycles. The van der Waals surface area contributed by atoms with Gasteiger partial charge < -0.3 is 20.0 Å². The molecule has 6 rings (SSSR count). The number of rotatable bonds is 5. The normalized spacial score (nSPS) is 23.0. The Morgan fingerprint density at radius 2 is 1.72 bits per heavy atom. The average Bonchev–Trinajstić information content (AvgIpc) is 3.26. The minimum Gasteiger partial charge on any atom is -0.451 e. The molecule has 1 aromatic heterocycles. The molecular formula is C24H25N3O2. The maximum Gasteiger partial charge on any atom is 0.287 e. The highest BCUT2D eigenvalue weighted by Crippen LogP contribution is 2.29. The van der Waals surface area contributed by atoms with Gasteiger partial charge in [-0.05, 0) is 68.2 Å². The number of para-hydroxylation sites is 1. The summed E-state index contributed by atoms with van der Waals surface area (Å²) in [5.41, 5.74) is 2.94. The van der Waals surface area contributed by atoms with E-state index in [1.807, 2.05) is 60.7 Å². The fourth-order valence-corrected chi connectivity index (χ4v) is 4.42. The number of fused-ring (bicyclic) bond motifs is 3. The zero-order chi connectivity index (χ0) is 19.6. The molecule has 3 fully saturated rings. The van der Waals surface area contributed by atoms with Gasteiger partial charge in [0.05, 0.1) is 0 Å². The molecule has 0 radical (unpaired) electrons. The second kappa shape index (κ2) is 7.76. The van der Waals surface area contributed by atoms with E-state index < -0.39 is 0 Å². The number of amides is 1. The summed E-state index contributed by atoms with van der Waals surface area (Å²) in [5, 5.41) is 6.58. The van der Waals surface area contributed by atoms with Gasteiger partial charge >= 0.3 is 0 Å². The van der Waals surface area contributed by atoms with Gasteiger partial charge in [0.2, 0.25) is 0 Å². The third-order valence-electron chi connectivity index (χ3n) is 6.01. The van der Waals surface area contributed by atoms with Crippen molar-refractivity contribution in [3.05, 3.63) is 72.5 Å². The lowest BCUT2D eigenvalue weighted by molar-refractivity contribution is 0.0606. The van der Waals surface area contributed by atoms with Gasteiger partial charge in [-0.1, -0.05) is 30.3 Å². The molecule has 1 amide bonds. The highest BCUT2D eigenvalue weighted by atomic mass is 16.3. The molecule has 2 aromatic carbocycles. The minimum absolute atomic E-state index is 0.117. The Hall–Kier alpha value is -3.05. The molecule has 4 heterocycles. The second-order valence-electron chi connectivity index (χ2n) is 7.95. The van der Waals surface area contributed by atoms with E-state index in [0.29, 0.717) is 17.4 Å². The first kappa shape index (κ1) is 18.0. The monoisotopic (exact) mass is 387 g/mol. The Labute approximate surface area is 170 Å². The number of anilines is 2. The maximum absolute atomic E-state index is 12.7. The van der Waals surface area contributed by atoms with Crippen LogP contribution >= 0.6 is 0 Å². The van der Waals surface area contributed by atoms with Crippen molar-refractivity contribution in [1.29, 1.82) is 0 Å². The first-order valence-corrected chi connectivity index (χ1v) is 10.3. The number of furan rings is 1. The molecule has 5 nitrogen and oxygen atoms in total. The summed E-state index contributed by atoms with van der Waals surface area (Å²) in [6.07, 6.45) is 2.35. The number of benzene rings is 2. The number of hydrogen-bond acceptors (Lipinski definition) is 4. The summed E-state index contributed by atoms with van der Waals surface area (Å²) in [7, 11) is 0. The van der Waals surface area contributed by atoms with Gasteiger partial charge in [0.25, 0.3) is 5.91 Å². The third kappa shape index (κ3) is 3.91. The van der Waals surface area contributed by atoms with Gasteiger partial charge in [-0.2, -0.15) is 0 Å². The van der Waals surface area contributed by atoms with Gasteiger partial charge in [0.1, 0.15) is 5.76 Å². The van der Waals surface area contributed by atoms with Crippen LogP contribution in [0.5, 0.6) is 0 Å². The molecule has 148 valence electrons. The van der Waals surface area contributed by atoms with E-state index in [1.165, 1.54) is 12.8 Å². The van der Waals surface area contributed by atoms with Crippen molar-refractivity contribution >= 4 is 17.3 Å². The lowest BCUT2D eigenvalue weighted by Crippen LogP contribution is -2.57. The highest BCUT2D eigenvalue weighted by Gasteiger charge is 2.35. The summed E-state index contributed by atoms with van der Waals surface area (Å²) in [5.74, 6) is 1.55. The molecule has 0 aliphatic carbocycles. The van der Waals surface area contributed by atoms with E-state index in [2.05, 4.69) is 15.5 Å². The first-order valence-electron chi connectivity index (χ1n) is 10.3. The lowest BCUT2D eigenvalue weighted by Gasteiger charge is -2.44. The summed E-state index contributed by atoms with van der Waals surface area (Å²) in [6.45, 7) is 3.28. The predicted molar refractivity (Wildman–Crippen MR) is 114 cm³/mol. The SMILES string of the molecule is O=C(NC1CN2CCC1CC2)c1ccc(-c2cccc(Nc3ccccc3)c2)o1. The van der Waals surface area contributed by atoms with Gasteiger partial charge in [-0.15, -0.1) is 0 Å². The zero-order valence-corrected chi connectivity index (χ0v) is 16.3. The number of nitrogens with zero attached hydrogens (tertiary/aromatic N) is 1.